The molecule has 0 fully saturated rings. The minimum atomic E-state index is 0.217. The fraction of sp³-hybridized carbons (Fsp3) is 0.238. The number of anilines is 1. The van der Waals surface area contributed by atoms with Gasteiger partial charge in [-0.1, -0.05) is 36.8 Å². The summed E-state index contributed by atoms with van der Waals surface area (Å²) >= 11 is 0. The number of aryl methyl sites for hydroxylation is 2. The number of pyridine rings is 2. The molecule has 2 heterocycles. The minimum absolute atomic E-state index is 0.217. The smallest absolute Gasteiger partial charge is 0.126 e. The van der Waals surface area contributed by atoms with Gasteiger partial charge in [0.1, 0.15) is 5.82 Å². The fourth-order valence-corrected chi connectivity index (χ4v) is 2.65. The normalized spacial score (nSPS) is 12.0. The van der Waals surface area contributed by atoms with Crippen molar-refractivity contribution in [3.63, 3.8) is 0 Å². The molecule has 3 heteroatoms. The molecule has 1 N–H and O–H groups in total. The number of hydrogen-bond donors (Lipinski definition) is 1. The van der Waals surface area contributed by atoms with Crippen LogP contribution in [0.4, 0.5) is 5.82 Å². The van der Waals surface area contributed by atoms with E-state index < -0.39 is 0 Å². The molecule has 1 atom stereocenters. The number of benzene rings is 1. The first-order valence-corrected chi connectivity index (χ1v) is 8.39. The van der Waals surface area contributed by atoms with E-state index in [-0.39, 0.29) is 6.04 Å². The lowest BCUT2D eigenvalue weighted by Gasteiger charge is -2.15. The van der Waals surface area contributed by atoms with Crippen LogP contribution < -0.4 is 5.32 Å². The summed E-state index contributed by atoms with van der Waals surface area (Å²) in [4.78, 5) is 8.86. The van der Waals surface area contributed by atoms with Gasteiger partial charge in [0.15, 0.2) is 0 Å². The first-order chi connectivity index (χ1) is 11.7. The topological polar surface area (TPSA) is 37.8 Å². The zero-order chi connectivity index (χ0) is 16.9. The molecule has 0 spiro atoms. The Kier molecular flexibility index (Phi) is 4.90. The maximum Gasteiger partial charge on any atom is 0.126 e. The van der Waals surface area contributed by atoms with Crippen molar-refractivity contribution < 1.29 is 0 Å². The molecule has 3 aromatic rings. The van der Waals surface area contributed by atoms with E-state index in [4.69, 9.17) is 0 Å². The Bertz CT molecular complexity index is 792. The maximum absolute atomic E-state index is 4.55. The Morgan fingerprint density at radius 3 is 2.42 bits per heavy atom. The van der Waals surface area contributed by atoms with Gasteiger partial charge in [-0.05, 0) is 49.6 Å². The molecule has 24 heavy (non-hydrogen) atoms. The minimum Gasteiger partial charge on any atom is -0.364 e. The molecular weight excluding hydrogens is 294 g/mol. The summed E-state index contributed by atoms with van der Waals surface area (Å²) in [5.74, 6) is 0.881. The largest absolute Gasteiger partial charge is 0.364 e. The van der Waals surface area contributed by atoms with Crippen LogP contribution in [-0.2, 0) is 6.42 Å². The van der Waals surface area contributed by atoms with Crippen LogP contribution in [-0.4, -0.2) is 9.97 Å². The highest BCUT2D eigenvalue weighted by Gasteiger charge is 2.06. The van der Waals surface area contributed by atoms with Gasteiger partial charge in [-0.2, -0.15) is 0 Å². The van der Waals surface area contributed by atoms with Gasteiger partial charge < -0.3 is 5.32 Å². The standard InChI is InChI=1S/C21H23N3/c1-4-17-11-20(13-22-12-17)19-9-10-21(23-14-19)24-16(3)18-7-5-15(2)6-8-18/h5-14,16H,4H2,1-3H3,(H,23,24)/t16-/m1/s1. The summed E-state index contributed by atoms with van der Waals surface area (Å²) in [6.07, 6.45) is 6.69. The second-order valence-electron chi connectivity index (χ2n) is 6.14. The van der Waals surface area contributed by atoms with E-state index in [2.05, 4.69) is 72.5 Å². The van der Waals surface area contributed by atoms with Gasteiger partial charge in [0.05, 0.1) is 0 Å². The zero-order valence-electron chi connectivity index (χ0n) is 14.5. The first-order valence-electron chi connectivity index (χ1n) is 8.39. The van der Waals surface area contributed by atoms with Crippen LogP contribution in [0.25, 0.3) is 11.1 Å². The highest BCUT2D eigenvalue weighted by Crippen LogP contribution is 2.22. The van der Waals surface area contributed by atoms with E-state index in [0.717, 1.165) is 23.4 Å². The number of aromatic nitrogens is 2. The van der Waals surface area contributed by atoms with E-state index in [0.29, 0.717) is 0 Å². The fourth-order valence-electron chi connectivity index (χ4n) is 2.65. The molecule has 0 amide bonds. The van der Waals surface area contributed by atoms with Crippen molar-refractivity contribution in [1.82, 2.24) is 9.97 Å². The van der Waals surface area contributed by atoms with Crippen molar-refractivity contribution in [3.05, 3.63) is 77.7 Å². The molecule has 0 saturated carbocycles. The molecule has 0 aliphatic carbocycles. The average Bonchev–Trinajstić information content (AvgIpc) is 2.63. The van der Waals surface area contributed by atoms with Crippen LogP contribution in [0.3, 0.4) is 0 Å². The van der Waals surface area contributed by atoms with Crippen LogP contribution in [0.2, 0.25) is 0 Å². The molecule has 3 rings (SSSR count). The molecule has 0 bridgehead atoms. The van der Waals surface area contributed by atoms with Crippen LogP contribution in [0.1, 0.15) is 36.6 Å². The van der Waals surface area contributed by atoms with Gasteiger partial charge >= 0.3 is 0 Å². The number of nitrogens with one attached hydrogen (secondary N) is 1. The quantitative estimate of drug-likeness (QED) is 0.704. The number of nitrogens with zero attached hydrogens (tertiary/aromatic N) is 2. The van der Waals surface area contributed by atoms with Crippen LogP contribution in [0, 0.1) is 6.92 Å². The molecular formula is C21H23N3. The SMILES string of the molecule is CCc1cncc(-c2ccc(N[C@H](C)c3ccc(C)cc3)nc2)c1. The van der Waals surface area contributed by atoms with E-state index >= 15 is 0 Å². The molecule has 0 aliphatic heterocycles. The Morgan fingerprint density at radius 2 is 1.75 bits per heavy atom. The van der Waals surface area contributed by atoms with E-state index in [1.165, 1.54) is 16.7 Å². The summed E-state index contributed by atoms with van der Waals surface area (Å²) in [5.41, 5.74) is 5.97. The van der Waals surface area contributed by atoms with E-state index in [1.807, 2.05) is 24.7 Å². The van der Waals surface area contributed by atoms with E-state index in [1.54, 1.807) is 0 Å². The lowest BCUT2D eigenvalue weighted by Crippen LogP contribution is -2.07. The van der Waals surface area contributed by atoms with Crippen LogP contribution in [0.5, 0.6) is 0 Å². The van der Waals surface area contributed by atoms with Crippen molar-refractivity contribution in [3.8, 4) is 11.1 Å². The van der Waals surface area contributed by atoms with Gasteiger partial charge in [0.2, 0.25) is 0 Å². The molecule has 2 aromatic heterocycles. The molecule has 1 aromatic carbocycles. The van der Waals surface area contributed by atoms with Crippen molar-refractivity contribution in [1.29, 1.82) is 0 Å². The van der Waals surface area contributed by atoms with Crippen molar-refractivity contribution >= 4 is 5.82 Å². The Morgan fingerprint density at radius 1 is 0.958 bits per heavy atom. The molecule has 0 unspecified atom stereocenters. The van der Waals surface area contributed by atoms with Crippen LogP contribution in [0.15, 0.2) is 61.1 Å². The summed E-state index contributed by atoms with van der Waals surface area (Å²) in [5, 5.41) is 3.45. The second-order valence-corrected chi connectivity index (χ2v) is 6.14. The zero-order valence-corrected chi connectivity index (χ0v) is 14.5. The average molecular weight is 317 g/mol. The van der Waals surface area contributed by atoms with Gasteiger partial charge in [-0.25, -0.2) is 4.98 Å². The summed E-state index contributed by atoms with van der Waals surface area (Å²) in [7, 11) is 0. The number of hydrogen-bond acceptors (Lipinski definition) is 3. The lowest BCUT2D eigenvalue weighted by molar-refractivity contribution is 0.874. The van der Waals surface area contributed by atoms with Gasteiger partial charge in [-0.15, -0.1) is 0 Å². The third kappa shape index (κ3) is 3.80. The summed E-state index contributed by atoms with van der Waals surface area (Å²) < 4.78 is 0. The third-order valence-electron chi connectivity index (χ3n) is 4.24. The van der Waals surface area contributed by atoms with Crippen molar-refractivity contribution in [2.75, 3.05) is 5.32 Å². The highest BCUT2D eigenvalue weighted by molar-refractivity contribution is 5.63. The summed E-state index contributed by atoms with van der Waals surface area (Å²) in [6.45, 7) is 6.39. The Hall–Kier alpha value is -2.68. The molecule has 122 valence electrons. The van der Waals surface area contributed by atoms with Gasteiger partial charge in [0.25, 0.3) is 0 Å². The monoisotopic (exact) mass is 317 g/mol. The third-order valence-corrected chi connectivity index (χ3v) is 4.24. The Balaban J connectivity index is 1.73. The predicted molar refractivity (Wildman–Crippen MR) is 100 cm³/mol. The van der Waals surface area contributed by atoms with Gasteiger partial charge in [-0.3, -0.25) is 4.98 Å². The summed E-state index contributed by atoms with van der Waals surface area (Å²) in [6, 6.07) is 15.1. The Labute approximate surface area is 143 Å². The number of rotatable bonds is 5. The molecule has 0 saturated heterocycles. The van der Waals surface area contributed by atoms with E-state index in [9.17, 15) is 0 Å². The molecule has 0 aliphatic rings. The van der Waals surface area contributed by atoms with Crippen LogP contribution >= 0.6 is 0 Å². The molecule has 0 radical (unpaired) electrons. The van der Waals surface area contributed by atoms with Crippen molar-refractivity contribution in [2.45, 2.75) is 33.2 Å². The molecule has 3 nitrogen and oxygen atoms in total. The van der Waals surface area contributed by atoms with Gasteiger partial charge in [0, 0.05) is 35.8 Å². The van der Waals surface area contributed by atoms with Crippen molar-refractivity contribution in [2.24, 2.45) is 0 Å². The predicted octanol–water partition coefficient (Wildman–Crippen LogP) is 5.19. The first kappa shape index (κ1) is 16.2. The highest BCUT2D eigenvalue weighted by atomic mass is 15.0. The lowest BCUT2D eigenvalue weighted by atomic mass is 10.1. The second kappa shape index (κ2) is 7.26. The maximum atomic E-state index is 4.55.